The molecule has 2 atom stereocenters. The Bertz CT molecular complexity index is 521. The largest absolute Gasteiger partial charge is 0.390 e. The van der Waals surface area contributed by atoms with Gasteiger partial charge in [0, 0.05) is 0 Å². The van der Waals surface area contributed by atoms with E-state index >= 15 is 0 Å². The maximum atomic E-state index is 10.4. The third-order valence-electron chi connectivity index (χ3n) is 1.90. The molecule has 10 nitrogen and oxygen atoms in total. The standard InChI is InChI=1S/C10H18O10S2/c11-9(7-21(13,14)15)5-19-3-1-2-4-20-6-10(12)8-22(16,17)18/h9-12H,3-8H2,(H,13,14,15)(H,16,17,18)/t9-,10-/m0/s1. The van der Waals surface area contributed by atoms with Crippen LogP contribution in [0.3, 0.4) is 0 Å². The average Bonchev–Trinajstić information content (AvgIpc) is 2.27. The number of aliphatic hydroxyl groups is 2. The Morgan fingerprint density at radius 3 is 1.36 bits per heavy atom. The van der Waals surface area contributed by atoms with Crippen LogP contribution in [0.2, 0.25) is 0 Å². The Kier molecular flexibility index (Phi) is 9.72. The lowest BCUT2D eigenvalue weighted by Crippen LogP contribution is -2.25. The highest BCUT2D eigenvalue weighted by Crippen LogP contribution is 1.92. The molecular weight excluding hydrogens is 344 g/mol. The molecule has 4 N–H and O–H groups in total. The predicted molar refractivity (Wildman–Crippen MR) is 74.3 cm³/mol. The van der Waals surface area contributed by atoms with Crippen molar-refractivity contribution < 1.29 is 45.6 Å². The van der Waals surface area contributed by atoms with Crippen LogP contribution in [0, 0.1) is 11.8 Å². The van der Waals surface area contributed by atoms with Crippen LogP contribution in [0.25, 0.3) is 0 Å². The lowest BCUT2D eigenvalue weighted by Gasteiger charge is -2.07. The van der Waals surface area contributed by atoms with Gasteiger partial charge in [-0.2, -0.15) is 16.8 Å². The highest BCUT2D eigenvalue weighted by atomic mass is 32.2. The zero-order valence-corrected chi connectivity index (χ0v) is 13.1. The van der Waals surface area contributed by atoms with Crippen LogP contribution in [-0.4, -0.2) is 86.3 Å². The maximum absolute atomic E-state index is 10.4. The lowest BCUT2D eigenvalue weighted by molar-refractivity contribution is 0.0604. The van der Waals surface area contributed by atoms with E-state index in [0.29, 0.717) is 0 Å². The Morgan fingerprint density at radius 2 is 1.09 bits per heavy atom. The summed E-state index contributed by atoms with van der Waals surface area (Å²) in [5, 5.41) is 18.3. The van der Waals surface area contributed by atoms with E-state index in [2.05, 4.69) is 11.8 Å². The Hall–Kier alpha value is -0.780. The molecular formula is C10H18O10S2. The second kappa shape index (κ2) is 10.1. The lowest BCUT2D eigenvalue weighted by atomic mass is 10.4. The monoisotopic (exact) mass is 362 g/mol. The van der Waals surface area contributed by atoms with Gasteiger partial charge < -0.3 is 19.7 Å². The van der Waals surface area contributed by atoms with Gasteiger partial charge in [0.25, 0.3) is 20.2 Å². The van der Waals surface area contributed by atoms with Crippen LogP contribution in [0.1, 0.15) is 0 Å². The fraction of sp³-hybridized carbons (Fsp3) is 0.800. The van der Waals surface area contributed by atoms with Crippen molar-refractivity contribution in [2.75, 3.05) is 37.9 Å². The molecule has 0 aliphatic carbocycles. The van der Waals surface area contributed by atoms with Crippen LogP contribution < -0.4 is 0 Å². The van der Waals surface area contributed by atoms with Crippen LogP contribution in [0.5, 0.6) is 0 Å². The van der Waals surface area contributed by atoms with Crippen LogP contribution in [0.4, 0.5) is 0 Å². The maximum Gasteiger partial charge on any atom is 0.267 e. The molecule has 0 radical (unpaired) electrons. The molecule has 0 saturated heterocycles. The quantitative estimate of drug-likeness (QED) is 0.185. The summed E-state index contributed by atoms with van der Waals surface area (Å²) in [5.41, 5.74) is 0. The summed E-state index contributed by atoms with van der Waals surface area (Å²) < 4.78 is 68.2. The first kappa shape index (κ1) is 21.2. The fourth-order valence-corrected chi connectivity index (χ4v) is 2.34. The summed E-state index contributed by atoms with van der Waals surface area (Å²) in [6.45, 7) is -0.913. The third-order valence-corrected chi connectivity index (χ3v) is 3.51. The van der Waals surface area contributed by atoms with E-state index in [1.54, 1.807) is 0 Å². The molecule has 0 fully saturated rings. The van der Waals surface area contributed by atoms with E-state index in [0.717, 1.165) is 0 Å². The van der Waals surface area contributed by atoms with Crippen molar-refractivity contribution in [1.29, 1.82) is 0 Å². The van der Waals surface area contributed by atoms with Crippen molar-refractivity contribution in [2.24, 2.45) is 0 Å². The van der Waals surface area contributed by atoms with Gasteiger partial charge in [-0.25, -0.2) is 0 Å². The first-order chi connectivity index (χ1) is 9.99. The molecule has 0 aliphatic heterocycles. The average molecular weight is 362 g/mol. The van der Waals surface area contributed by atoms with E-state index in [9.17, 15) is 16.8 Å². The van der Waals surface area contributed by atoms with Crippen molar-refractivity contribution in [2.45, 2.75) is 12.2 Å². The number of hydrogen-bond donors (Lipinski definition) is 4. The van der Waals surface area contributed by atoms with Gasteiger partial charge >= 0.3 is 0 Å². The summed E-state index contributed by atoms with van der Waals surface area (Å²) in [4.78, 5) is 0. The zero-order valence-electron chi connectivity index (χ0n) is 11.5. The summed E-state index contributed by atoms with van der Waals surface area (Å²) in [5.74, 6) is 3.24. The minimum Gasteiger partial charge on any atom is -0.390 e. The number of hydrogen-bond acceptors (Lipinski definition) is 8. The van der Waals surface area contributed by atoms with Crippen molar-refractivity contribution in [1.82, 2.24) is 0 Å². The van der Waals surface area contributed by atoms with Gasteiger partial charge in [-0.1, -0.05) is 11.8 Å². The molecule has 0 rings (SSSR count). The van der Waals surface area contributed by atoms with Crippen LogP contribution in [-0.2, 0) is 29.7 Å². The van der Waals surface area contributed by atoms with Crippen molar-refractivity contribution in [3.05, 3.63) is 0 Å². The zero-order chi connectivity index (χ0) is 17.2. The van der Waals surface area contributed by atoms with E-state index in [1.807, 2.05) is 0 Å². The Labute approximate surface area is 128 Å². The highest BCUT2D eigenvalue weighted by Gasteiger charge is 2.14. The second-order valence-electron chi connectivity index (χ2n) is 4.19. The molecule has 0 amide bonds. The second-order valence-corrected chi connectivity index (χ2v) is 7.18. The molecule has 0 aromatic rings. The SMILES string of the molecule is O=S(=O)(O)C[C@@H](O)COCC#CCOC[C@H](O)CS(=O)(=O)O. The molecule has 12 heteroatoms. The van der Waals surface area contributed by atoms with Crippen LogP contribution in [0.15, 0.2) is 0 Å². The number of rotatable bonds is 10. The van der Waals surface area contributed by atoms with E-state index in [1.165, 1.54) is 0 Å². The van der Waals surface area contributed by atoms with Gasteiger partial charge in [-0.05, 0) is 0 Å². The number of aliphatic hydroxyl groups excluding tert-OH is 2. The minimum atomic E-state index is -4.27. The minimum absolute atomic E-state index is 0.126. The Morgan fingerprint density at radius 1 is 0.773 bits per heavy atom. The van der Waals surface area contributed by atoms with E-state index < -0.39 is 43.9 Å². The van der Waals surface area contributed by atoms with Gasteiger partial charge in [0.15, 0.2) is 0 Å². The van der Waals surface area contributed by atoms with Gasteiger partial charge in [-0.3, -0.25) is 9.11 Å². The normalized spacial score (nSPS) is 14.9. The van der Waals surface area contributed by atoms with Crippen molar-refractivity contribution in [3.8, 4) is 11.8 Å². The topological polar surface area (TPSA) is 168 Å². The van der Waals surface area contributed by atoms with Crippen molar-refractivity contribution >= 4 is 20.2 Å². The summed E-state index contributed by atoms with van der Waals surface area (Å²) in [6, 6.07) is 0. The number of ether oxygens (including phenoxy) is 2. The molecule has 0 unspecified atom stereocenters. The van der Waals surface area contributed by atoms with Gasteiger partial charge in [0.05, 0.1) is 25.4 Å². The molecule has 130 valence electrons. The molecule has 0 spiro atoms. The smallest absolute Gasteiger partial charge is 0.267 e. The highest BCUT2D eigenvalue weighted by molar-refractivity contribution is 7.86. The van der Waals surface area contributed by atoms with E-state index in [-0.39, 0.29) is 26.4 Å². The first-order valence-corrected chi connectivity index (χ1v) is 9.09. The molecule has 0 saturated carbocycles. The summed E-state index contributed by atoms with van der Waals surface area (Å²) >= 11 is 0. The molecule has 22 heavy (non-hydrogen) atoms. The van der Waals surface area contributed by atoms with Gasteiger partial charge in [-0.15, -0.1) is 0 Å². The molecule has 0 bridgehead atoms. The summed E-state index contributed by atoms with van der Waals surface area (Å²) in [6.07, 6.45) is -2.74. The molecule has 0 aromatic carbocycles. The third kappa shape index (κ3) is 15.6. The van der Waals surface area contributed by atoms with E-state index in [4.69, 9.17) is 28.8 Å². The molecule has 0 heterocycles. The summed E-state index contributed by atoms with van der Waals surface area (Å²) in [7, 11) is -8.54. The fourth-order valence-electron chi connectivity index (χ4n) is 1.18. The Balaban J connectivity index is 3.70. The van der Waals surface area contributed by atoms with Crippen molar-refractivity contribution in [3.63, 3.8) is 0 Å². The van der Waals surface area contributed by atoms with Crippen LogP contribution >= 0.6 is 0 Å². The first-order valence-electron chi connectivity index (χ1n) is 5.87. The van der Waals surface area contributed by atoms with Gasteiger partial charge in [0.2, 0.25) is 0 Å². The molecule has 0 aromatic heterocycles. The van der Waals surface area contributed by atoms with Gasteiger partial charge in [0.1, 0.15) is 24.7 Å². The molecule has 0 aliphatic rings. The predicted octanol–water partition coefficient (Wildman–Crippen LogP) is -2.48.